The minimum absolute atomic E-state index is 0.0257. The molecule has 0 bridgehead atoms. The van der Waals surface area contributed by atoms with E-state index < -0.39 is 48.6 Å². The molecule has 11 heteroatoms. The van der Waals surface area contributed by atoms with E-state index in [0.29, 0.717) is 0 Å². The predicted molar refractivity (Wildman–Crippen MR) is 83.9 cm³/mol. The fourth-order valence-corrected chi connectivity index (χ4v) is 4.73. The van der Waals surface area contributed by atoms with Gasteiger partial charge < -0.3 is 5.11 Å². The van der Waals surface area contributed by atoms with Gasteiger partial charge in [-0.3, -0.25) is 9.52 Å². The molecule has 1 heterocycles. The maximum atomic E-state index is 14.2. The number of hydrogen-bond acceptors (Lipinski definition) is 5. The second-order valence-corrected chi connectivity index (χ2v) is 9.42. The molecule has 1 fully saturated rings. The highest BCUT2D eigenvalue weighted by Gasteiger charge is 2.41. The van der Waals surface area contributed by atoms with Crippen LogP contribution in [-0.2, 0) is 24.8 Å². The van der Waals surface area contributed by atoms with Crippen molar-refractivity contribution in [2.24, 2.45) is 11.8 Å². The molecule has 1 aliphatic rings. The lowest BCUT2D eigenvalue weighted by Crippen LogP contribution is -2.30. The third-order valence-electron chi connectivity index (χ3n) is 3.75. The van der Waals surface area contributed by atoms with Crippen LogP contribution in [-0.4, -0.2) is 51.6 Å². The topological polar surface area (TPSA) is 121 Å². The predicted octanol–water partition coefficient (Wildman–Crippen LogP) is 0.538. The highest BCUT2D eigenvalue weighted by molar-refractivity contribution is 7.92. The number of benzene rings is 1. The molecule has 134 valence electrons. The normalized spacial score (nSPS) is 22.5. The second kappa shape index (κ2) is 6.30. The van der Waals surface area contributed by atoms with Gasteiger partial charge in [-0.15, -0.1) is 0 Å². The molecule has 8 nitrogen and oxygen atoms in total. The second-order valence-electron chi connectivity index (χ2n) is 5.76. The minimum Gasteiger partial charge on any atom is -0.481 e. The number of carboxylic acid groups (broad SMARTS) is 1. The van der Waals surface area contributed by atoms with Crippen molar-refractivity contribution in [2.45, 2.75) is 11.8 Å². The van der Waals surface area contributed by atoms with Crippen LogP contribution in [0.2, 0.25) is 0 Å². The van der Waals surface area contributed by atoms with Crippen LogP contribution in [0.25, 0.3) is 0 Å². The Balaban J connectivity index is 2.32. The summed E-state index contributed by atoms with van der Waals surface area (Å²) in [5.74, 6) is -3.47. The molecular weight excluding hydrogens is 363 g/mol. The van der Waals surface area contributed by atoms with Crippen LogP contribution in [0.15, 0.2) is 23.1 Å². The Hall–Kier alpha value is -1.72. The van der Waals surface area contributed by atoms with Crippen LogP contribution in [0.5, 0.6) is 0 Å². The van der Waals surface area contributed by atoms with Gasteiger partial charge >= 0.3 is 5.97 Å². The lowest BCUT2D eigenvalue weighted by molar-refractivity contribution is -0.142. The van der Waals surface area contributed by atoms with Crippen molar-refractivity contribution in [1.29, 1.82) is 0 Å². The lowest BCUT2D eigenvalue weighted by Gasteiger charge is -2.17. The number of carbonyl (C=O) groups is 1. The minimum atomic E-state index is -4.21. The van der Waals surface area contributed by atoms with Gasteiger partial charge in [0.2, 0.25) is 20.0 Å². The molecule has 1 aliphatic heterocycles. The standard InChI is InChI=1S/C13H17FN2O6S2/c1-8-6-16(7-10(8)13(17)18)24(21,22)12-4-3-9(5-11(12)14)15-23(2,19)20/h3-5,8,10,15H,6-7H2,1-2H3,(H,17,18)/t8-,10-/m1/s1. The summed E-state index contributed by atoms with van der Waals surface area (Å²) < 4.78 is 64.4. The van der Waals surface area contributed by atoms with Gasteiger partial charge in [-0.1, -0.05) is 6.92 Å². The molecule has 0 aliphatic carbocycles. The van der Waals surface area contributed by atoms with Gasteiger partial charge in [-0.05, 0) is 24.1 Å². The third-order valence-corrected chi connectivity index (χ3v) is 6.22. The average molecular weight is 380 g/mol. The number of carboxylic acids is 1. The molecule has 1 aromatic carbocycles. The maximum Gasteiger partial charge on any atom is 0.308 e. The van der Waals surface area contributed by atoms with E-state index in [9.17, 15) is 26.0 Å². The zero-order chi connectivity index (χ0) is 18.3. The van der Waals surface area contributed by atoms with Crippen LogP contribution in [0.4, 0.5) is 10.1 Å². The quantitative estimate of drug-likeness (QED) is 0.769. The fraction of sp³-hybridized carbons (Fsp3) is 0.462. The molecule has 2 rings (SSSR count). The van der Waals surface area contributed by atoms with Crippen LogP contribution in [0.1, 0.15) is 6.92 Å². The summed E-state index contributed by atoms with van der Waals surface area (Å²) in [7, 11) is -7.84. The Bertz CT molecular complexity index is 868. The van der Waals surface area contributed by atoms with E-state index in [1.165, 1.54) is 0 Å². The highest BCUT2D eigenvalue weighted by Crippen LogP contribution is 2.30. The summed E-state index contributed by atoms with van der Waals surface area (Å²) in [4.78, 5) is 10.5. The van der Waals surface area contributed by atoms with Gasteiger partial charge in [0.25, 0.3) is 0 Å². The van der Waals surface area contributed by atoms with E-state index in [0.717, 1.165) is 28.8 Å². The van der Waals surface area contributed by atoms with E-state index in [4.69, 9.17) is 5.11 Å². The van der Waals surface area contributed by atoms with Gasteiger partial charge in [0.15, 0.2) is 0 Å². The molecular formula is C13H17FN2O6S2. The average Bonchev–Trinajstić information content (AvgIpc) is 2.79. The smallest absolute Gasteiger partial charge is 0.308 e. The molecule has 2 N–H and O–H groups in total. The number of aliphatic carboxylic acids is 1. The molecule has 24 heavy (non-hydrogen) atoms. The number of nitrogens with one attached hydrogen (secondary N) is 1. The van der Waals surface area contributed by atoms with Gasteiger partial charge in [-0.2, -0.15) is 4.31 Å². The van der Waals surface area contributed by atoms with E-state index in [-0.39, 0.29) is 18.8 Å². The monoisotopic (exact) mass is 380 g/mol. The Morgan fingerprint density at radius 3 is 2.38 bits per heavy atom. The Kier molecular flexibility index (Phi) is 4.88. The third kappa shape index (κ3) is 3.84. The van der Waals surface area contributed by atoms with E-state index in [2.05, 4.69) is 0 Å². The van der Waals surface area contributed by atoms with Crippen molar-refractivity contribution >= 4 is 31.7 Å². The lowest BCUT2D eigenvalue weighted by atomic mass is 9.99. The van der Waals surface area contributed by atoms with Gasteiger partial charge in [0.05, 0.1) is 17.9 Å². The molecule has 0 radical (unpaired) electrons. The van der Waals surface area contributed by atoms with E-state index >= 15 is 0 Å². The molecule has 0 unspecified atom stereocenters. The number of sulfonamides is 2. The van der Waals surface area contributed by atoms with Crippen molar-refractivity contribution < 1.29 is 31.1 Å². The Morgan fingerprint density at radius 2 is 1.92 bits per heavy atom. The van der Waals surface area contributed by atoms with Crippen molar-refractivity contribution in [2.75, 3.05) is 24.1 Å². The summed E-state index contributed by atoms with van der Waals surface area (Å²) in [6.45, 7) is 1.35. The molecule has 0 amide bonds. The van der Waals surface area contributed by atoms with E-state index in [1.54, 1.807) is 6.92 Å². The Labute approximate surface area is 139 Å². The summed E-state index contributed by atoms with van der Waals surface area (Å²) in [6, 6.07) is 2.85. The fourth-order valence-electron chi connectivity index (χ4n) is 2.57. The number of nitrogens with zero attached hydrogens (tertiary/aromatic N) is 1. The highest BCUT2D eigenvalue weighted by atomic mass is 32.2. The van der Waals surface area contributed by atoms with Crippen molar-refractivity contribution in [3.8, 4) is 0 Å². The first-order chi connectivity index (χ1) is 10.9. The molecule has 0 saturated carbocycles. The summed E-state index contributed by atoms with van der Waals surface area (Å²) in [5, 5.41) is 9.08. The zero-order valence-corrected chi connectivity index (χ0v) is 14.6. The van der Waals surface area contributed by atoms with E-state index in [1.807, 2.05) is 4.72 Å². The molecule has 1 aromatic rings. The molecule has 0 spiro atoms. The van der Waals surface area contributed by atoms with Gasteiger partial charge in [-0.25, -0.2) is 21.2 Å². The maximum absolute atomic E-state index is 14.2. The van der Waals surface area contributed by atoms with Crippen molar-refractivity contribution in [3.63, 3.8) is 0 Å². The number of halogens is 1. The first kappa shape index (κ1) is 18.6. The SMILES string of the molecule is C[C@@H]1CN(S(=O)(=O)c2ccc(NS(C)(=O)=O)cc2F)C[C@H]1C(=O)O. The first-order valence-electron chi connectivity index (χ1n) is 6.92. The van der Waals surface area contributed by atoms with Crippen LogP contribution >= 0.6 is 0 Å². The number of hydrogen-bond donors (Lipinski definition) is 2. The summed E-state index contributed by atoms with van der Waals surface area (Å²) >= 11 is 0. The summed E-state index contributed by atoms with van der Waals surface area (Å²) in [6.07, 6.45) is 0.882. The van der Waals surface area contributed by atoms with Gasteiger partial charge in [0, 0.05) is 13.1 Å². The number of anilines is 1. The molecule has 0 aromatic heterocycles. The van der Waals surface area contributed by atoms with Crippen LogP contribution in [0, 0.1) is 17.7 Å². The molecule has 2 atom stereocenters. The number of rotatable bonds is 5. The first-order valence-corrected chi connectivity index (χ1v) is 10.3. The van der Waals surface area contributed by atoms with Crippen molar-refractivity contribution in [3.05, 3.63) is 24.0 Å². The Morgan fingerprint density at radius 1 is 1.29 bits per heavy atom. The summed E-state index contributed by atoms with van der Waals surface area (Å²) in [5.41, 5.74) is -0.104. The zero-order valence-electron chi connectivity index (χ0n) is 12.9. The van der Waals surface area contributed by atoms with Crippen LogP contribution < -0.4 is 4.72 Å². The van der Waals surface area contributed by atoms with Gasteiger partial charge in [0.1, 0.15) is 10.7 Å². The van der Waals surface area contributed by atoms with Crippen molar-refractivity contribution in [1.82, 2.24) is 4.31 Å². The molecule has 1 saturated heterocycles. The van der Waals surface area contributed by atoms with Crippen LogP contribution in [0.3, 0.4) is 0 Å². The largest absolute Gasteiger partial charge is 0.481 e.